The van der Waals surface area contributed by atoms with Gasteiger partial charge in [-0.15, -0.1) is 0 Å². The fourth-order valence-corrected chi connectivity index (χ4v) is 6.78. The van der Waals surface area contributed by atoms with Crippen molar-refractivity contribution in [3.05, 3.63) is 72.4 Å². The molecule has 4 aromatic rings. The van der Waals surface area contributed by atoms with Crippen molar-refractivity contribution in [1.29, 1.82) is 0 Å². The van der Waals surface area contributed by atoms with E-state index in [1.165, 1.54) is 0 Å². The number of H-pyrrole nitrogens is 1. The van der Waals surface area contributed by atoms with Crippen molar-refractivity contribution in [1.82, 2.24) is 25.0 Å². The number of carbonyl (C=O) groups excluding carboxylic acids is 2. The van der Waals surface area contributed by atoms with Gasteiger partial charge >= 0.3 is 12.2 Å². The fraction of sp³-hybridized carbons (Fsp3) is 0.459. The number of amides is 2. The smallest absolute Gasteiger partial charge is 0.412 e. The lowest BCUT2D eigenvalue weighted by Crippen LogP contribution is -2.58. The molecule has 6 rings (SSSR count). The number of piperazine rings is 1. The summed E-state index contributed by atoms with van der Waals surface area (Å²) < 4.78 is 11.0. The molecular formula is C37H47N7O4. The van der Waals surface area contributed by atoms with Crippen molar-refractivity contribution in [2.75, 3.05) is 42.9 Å². The zero-order chi connectivity index (χ0) is 33.8. The molecule has 2 aromatic carbocycles. The standard InChI is InChI=1S/C37H47N7O4/c1-25-21-43(22-26(2)44(25)23-27-14-17-42(18-15-27)36(46)47-24-28-9-7-6-8-10-28)33-19-29(13-16-38-33)34-31-20-30(11-12-32(31)40-41-34)39-35(45)48-37(3,4)5/h6-13,16,19-20,25-27H,14-15,17-18,21-24H2,1-5H3,(H,39,45)(H,40,41)/t25-,26+. The Bertz CT molecular complexity index is 1700. The molecule has 0 unspecified atom stereocenters. The second-order valence-corrected chi connectivity index (χ2v) is 14.1. The summed E-state index contributed by atoms with van der Waals surface area (Å²) in [5.41, 5.74) is 3.70. The number of nitrogens with one attached hydrogen (secondary N) is 2. The van der Waals surface area contributed by atoms with Gasteiger partial charge in [0.15, 0.2) is 0 Å². The zero-order valence-electron chi connectivity index (χ0n) is 28.6. The molecular weight excluding hydrogens is 606 g/mol. The van der Waals surface area contributed by atoms with Crippen LogP contribution in [0.4, 0.5) is 21.1 Å². The summed E-state index contributed by atoms with van der Waals surface area (Å²) >= 11 is 0. The van der Waals surface area contributed by atoms with E-state index in [1.807, 2.05) is 86.5 Å². The third-order valence-corrected chi connectivity index (χ3v) is 9.20. The van der Waals surface area contributed by atoms with Gasteiger partial charge in [0.05, 0.1) is 5.52 Å². The quantitative estimate of drug-likeness (QED) is 0.221. The highest BCUT2D eigenvalue weighted by molar-refractivity contribution is 5.97. The minimum Gasteiger partial charge on any atom is -0.445 e. The minimum atomic E-state index is -0.582. The number of benzene rings is 2. The summed E-state index contributed by atoms with van der Waals surface area (Å²) in [5, 5.41) is 11.5. The van der Waals surface area contributed by atoms with Crippen molar-refractivity contribution in [3.63, 3.8) is 0 Å². The molecule has 11 heteroatoms. The Balaban J connectivity index is 1.05. The lowest BCUT2D eigenvalue weighted by Gasteiger charge is -2.47. The van der Waals surface area contributed by atoms with Crippen molar-refractivity contribution in [2.45, 2.75) is 71.8 Å². The van der Waals surface area contributed by atoms with E-state index < -0.39 is 11.7 Å². The summed E-state index contributed by atoms with van der Waals surface area (Å²) in [5.74, 6) is 1.47. The first-order chi connectivity index (χ1) is 23.0. The molecule has 4 heterocycles. The second-order valence-electron chi connectivity index (χ2n) is 14.1. The highest BCUT2D eigenvalue weighted by atomic mass is 16.6. The number of rotatable bonds is 7. The molecule has 2 saturated heterocycles. The average molecular weight is 654 g/mol. The normalized spacial score (nSPS) is 19.4. The number of ether oxygens (including phenoxy) is 2. The lowest BCUT2D eigenvalue weighted by atomic mass is 9.94. The monoisotopic (exact) mass is 653 g/mol. The largest absolute Gasteiger partial charge is 0.445 e. The Morgan fingerprint density at radius 3 is 2.42 bits per heavy atom. The molecule has 2 N–H and O–H groups in total. The summed E-state index contributed by atoms with van der Waals surface area (Å²) in [7, 11) is 0. The maximum atomic E-state index is 12.7. The van der Waals surface area contributed by atoms with Crippen molar-refractivity contribution < 1.29 is 19.1 Å². The van der Waals surface area contributed by atoms with Gasteiger partial charge in [-0.25, -0.2) is 14.6 Å². The van der Waals surface area contributed by atoms with E-state index in [0.717, 1.165) is 79.1 Å². The van der Waals surface area contributed by atoms with Gasteiger partial charge in [0.25, 0.3) is 0 Å². The number of likely N-dealkylation sites (tertiary alicyclic amines) is 1. The molecule has 2 atom stereocenters. The SMILES string of the molecule is C[C@@H]1CN(c2cc(-c3n[nH]c4ccc(NC(=O)OC(C)(C)C)cc34)ccn2)C[C@H](C)N1CC1CCN(C(=O)OCc2ccccc2)CC1. The van der Waals surface area contributed by atoms with Gasteiger partial charge in [-0.05, 0) is 89.3 Å². The minimum absolute atomic E-state index is 0.219. The number of pyridine rings is 1. The predicted octanol–water partition coefficient (Wildman–Crippen LogP) is 6.92. The van der Waals surface area contributed by atoms with Crippen molar-refractivity contribution in [3.8, 4) is 11.3 Å². The van der Waals surface area contributed by atoms with Gasteiger partial charge in [0.1, 0.15) is 23.7 Å². The highest BCUT2D eigenvalue weighted by Gasteiger charge is 2.33. The maximum Gasteiger partial charge on any atom is 0.412 e. The predicted molar refractivity (Wildman–Crippen MR) is 188 cm³/mol. The molecule has 2 aliphatic rings. The number of aromatic amines is 1. The van der Waals surface area contributed by atoms with Crippen LogP contribution >= 0.6 is 0 Å². The van der Waals surface area contributed by atoms with E-state index in [0.29, 0.717) is 30.3 Å². The van der Waals surface area contributed by atoms with Crippen LogP contribution in [0.5, 0.6) is 0 Å². The van der Waals surface area contributed by atoms with Crippen LogP contribution in [0, 0.1) is 5.92 Å². The zero-order valence-corrected chi connectivity index (χ0v) is 28.6. The van der Waals surface area contributed by atoms with Gasteiger partial charge in [0.2, 0.25) is 0 Å². The lowest BCUT2D eigenvalue weighted by molar-refractivity contribution is 0.0626. The van der Waals surface area contributed by atoms with Crippen LogP contribution in [-0.4, -0.2) is 87.6 Å². The Hall–Kier alpha value is -4.64. The van der Waals surface area contributed by atoms with Crippen LogP contribution in [-0.2, 0) is 16.1 Å². The molecule has 0 radical (unpaired) electrons. The third-order valence-electron chi connectivity index (χ3n) is 9.20. The molecule has 254 valence electrons. The molecule has 0 spiro atoms. The molecule has 0 aliphatic carbocycles. The fourth-order valence-electron chi connectivity index (χ4n) is 6.78. The summed E-state index contributed by atoms with van der Waals surface area (Å²) in [4.78, 5) is 36.6. The highest BCUT2D eigenvalue weighted by Crippen LogP contribution is 2.32. The van der Waals surface area contributed by atoms with Gasteiger partial charge in [-0.1, -0.05) is 30.3 Å². The van der Waals surface area contributed by atoms with Crippen LogP contribution < -0.4 is 10.2 Å². The number of fused-ring (bicyclic) bond motifs is 1. The van der Waals surface area contributed by atoms with Crippen molar-refractivity contribution in [2.24, 2.45) is 5.92 Å². The molecule has 11 nitrogen and oxygen atoms in total. The number of piperidine rings is 1. The van der Waals surface area contributed by atoms with Crippen LogP contribution in [0.1, 0.15) is 53.0 Å². The van der Waals surface area contributed by atoms with Crippen molar-refractivity contribution >= 4 is 34.6 Å². The Morgan fingerprint density at radius 2 is 1.71 bits per heavy atom. The third kappa shape index (κ3) is 8.07. The molecule has 48 heavy (non-hydrogen) atoms. The molecule has 2 aliphatic heterocycles. The summed E-state index contributed by atoms with van der Waals surface area (Å²) in [6, 6.07) is 20.2. The van der Waals surface area contributed by atoms with Crippen LogP contribution in [0.25, 0.3) is 22.2 Å². The van der Waals surface area contributed by atoms with E-state index >= 15 is 0 Å². The summed E-state index contributed by atoms with van der Waals surface area (Å²) in [6.07, 6.45) is 3.09. The average Bonchev–Trinajstić information content (AvgIpc) is 3.48. The first-order valence-corrected chi connectivity index (χ1v) is 16.9. The number of nitrogens with zero attached hydrogens (tertiary/aromatic N) is 5. The molecule has 0 saturated carbocycles. The van der Waals surface area contributed by atoms with Gasteiger partial charge in [0, 0.05) is 67.6 Å². The Kier molecular flexibility index (Phi) is 9.86. The number of carbonyl (C=O) groups is 2. The van der Waals surface area contributed by atoms with Crippen LogP contribution in [0.3, 0.4) is 0 Å². The van der Waals surface area contributed by atoms with Crippen LogP contribution in [0.2, 0.25) is 0 Å². The van der Waals surface area contributed by atoms with Gasteiger partial charge < -0.3 is 19.3 Å². The van der Waals surface area contributed by atoms with Crippen LogP contribution in [0.15, 0.2) is 66.9 Å². The molecule has 2 fully saturated rings. The van der Waals surface area contributed by atoms with Gasteiger partial charge in [-0.3, -0.25) is 15.3 Å². The van der Waals surface area contributed by atoms with E-state index in [2.05, 4.69) is 45.2 Å². The number of aromatic nitrogens is 3. The Morgan fingerprint density at radius 1 is 0.979 bits per heavy atom. The molecule has 2 aromatic heterocycles. The topological polar surface area (TPSA) is 116 Å². The number of hydrogen-bond donors (Lipinski definition) is 2. The number of hydrogen-bond acceptors (Lipinski definition) is 8. The Labute approximate surface area is 282 Å². The first kappa shape index (κ1) is 33.3. The van der Waals surface area contributed by atoms with E-state index in [1.54, 1.807) is 0 Å². The molecule has 0 bridgehead atoms. The summed E-state index contributed by atoms with van der Waals surface area (Å²) in [6.45, 7) is 14.7. The second kappa shape index (κ2) is 14.2. The van der Waals surface area contributed by atoms with E-state index in [4.69, 9.17) is 14.5 Å². The van der Waals surface area contributed by atoms with Gasteiger partial charge in [-0.2, -0.15) is 5.10 Å². The van der Waals surface area contributed by atoms with E-state index in [-0.39, 0.29) is 6.09 Å². The molecule has 2 amide bonds. The number of anilines is 2. The van der Waals surface area contributed by atoms with E-state index in [9.17, 15) is 9.59 Å². The first-order valence-electron chi connectivity index (χ1n) is 16.9. The maximum absolute atomic E-state index is 12.7.